The number of nitrogens with one attached hydrogen (secondary N) is 1. The van der Waals surface area contributed by atoms with E-state index in [-0.39, 0.29) is 12.0 Å². The molecule has 0 spiro atoms. The van der Waals surface area contributed by atoms with E-state index in [1.165, 1.54) is 0 Å². The van der Waals surface area contributed by atoms with Gasteiger partial charge in [0.1, 0.15) is 0 Å². The quantitative estimate of drug-likeness (QED) is 0.777. The Morgan fingerprint density at radius 2 is 1.95 bits per heavy atom. The molecule has 0 aliphatic rings. The largest absolute Gasteiger partial charge is 0.462 e. The maximum atomic E-state index is 11.6. The van der Waals surface area contributed by atoms with Gasteiger partial charge in [0.15, 0.2) is 0 Å². The Labute approximate surface area is 114 Å². The van der Waals surface area contributed by atoms with E-state index < -0.39 is 5.60 Å². The fourth-order valence-corrected chi connectivity index (χ4v) is 1.41. The highest BCUT2D eigenvalue weighted by molar-refractivity contribution is 5.89. The minimum atomic E-state index is -0.807. The van der Waals surface area contributed by atoms with Crippen LogP contribution in [-0.4, -0.2) is 29.3 Å². The number of anilines is 1. The van der Waals surface area contributed by atoms with E-state index in [0.717, 1.165) is 12.1 Å². The van der Waals surface area contributed by atoms with E-state index in [0.29, 0.717) is 12.2 Å². The van der Waals surface area contributed by atoms with Gasteiger partial charge in [-0.05, 0) is 51.5 Å². The molecule has 0 radical (unpaired) electrons. The van der Waals surface area contributed by atoms with Gasteiger partial charge in [0.05, 0.1) is 23.8 Å². The minimum absolute atomic E-state index is 0.0922. The summed E-state index contributed by atoms with van der Waals surface area (Å²) in [4.78, 5) is 11.6. The fraction of sp³-hybridized carbons (Fsp3) is 0.533. The molecule has 0 heterocycles. The van der Waals surface area contributed by atoms with E-state index in [4.69, 9.17) is 4.74 Å². The number of benzene rings is 1. The van der Waals surface area contributed by atoms with E-state index in [2.05, 4.69) is 5.32 Å². The highest BCUT2D eigenvalue weighted by Gasteiger charge is 2.21. The van der Waals surface area contributed by atoms with Crippen LogP contribution >= 0.6 is 0 Å². The number of rotatable bonds is 6. The molecule has 2 N–H and O–H groups in total. The standard InChI is InChI=1S/C15H23NO3/c1-5-10-19-14(17)12-6-8-13(9-7-12)16-11(2)15(3,4)18/h6-9,11,16,18H,5,10H2,1-4H3. The minimum Gasteiger partial charge on any atom is -0.462 e. The van der Waals surface area contributed by atoms with Gasteiger partial charge < -0.3 is 15.2 Å². The summed E-state index contributed by atoms with van der Waals surface area (Å²) in [7, 11) is 0. The van der Waals surface area contributed by atoms with E-state index in [1.807, 2.05) is 26.0 Å². The molecular weight excluding hydrogens is 242 g/mol. The topological polar surface area (TPSA) is 58.6 Å². The Kier molecular flexibility index (Phi) is 5.36. The second-order valence-electron chi connectivity index (χ2n) is 5.23. The molecule has 0 aliphatic heterocycles. The number of ether oxygens (including phenoxy) is 1. The molecule has 1 unspecified atom stereocenters. The lowest BCUT2D eigenvalue weighted by Crippen LogP contribution is -2.39. The Bertz CT molecular complexity index is 406. The molecular formula is C15H23NO3. The van der Waals surface area contributed by atoms with Crippen LogP contribution in [0.15, 0.2) is 24.3 Å². The van der Waals surface area contributed by atoms with Gasteiger partial charge in [0, 0.05) is 5.69 Å². The van der Waals surface area contributed by atoms with Crippen molar-refractivity contribution in [2.45, 2.75) is 45.8 Å². The summed E-state index contributed by atoms with van der Waals surface area (Å²) < 4.78 is 5.05. The third-order valence-electron chi connectivity index (χ3n) is 3.00. The first-order valence-electron chi connectivity index (χ1n) is 6.60. The van der Waals surface area contributed by atoms with Gasteiger partial charge in [-0.3, -0.25) is 0 Å². The number of hydrogen-bond donors (Lipinski definition) is 2. The normalized spacial score (nSPS) is 12.9. The van der Waals surface area contributed by atoms with Crippen molar-refractivity contribution < 1.29 is 14.6 Å². The Morgan fingerprint density at radius 3 is 2.42 bits per heavy atom. The van der Waals surface area contributed by atoms with Crippen LogP contribution in [0.1, 0.15) is 44.5 Å². The summed E-state index contributed by atoms with van der Waals surface area (Å²) in [5.74, 6) is -0.302. The summed E-state index contributed by atoms with van der Waals surface area (Å²) in [6.07, 6.45) is 0.814. The summed E-state index contributed by atoms with van der Waals surface area (Å²) in [5.41, 5.74) is 0.593. The second kappa shape index (κ2) is 6.57. The predicted octanol–water partition coefficient (Wildman–Crippen LogP) is 2.82. The van der Waals surface area contributed by atoms with Crippen molar-refractivity contribution in [3.8, 4) is 0 Å². The highest BCUT2D eigenvalue weighted by Crippen LogP contribution is 2.16. The Hall–Kier alpha value is -1.55. The maximum Gasteiger partial charge on any atom is 0.338 e. The molecule has 4 nitrogen and oxygen atoms in total. The number of aliphatic hydroxyl groups is 1. The smallest absolute Gasteiger partial charge is 0.338 e. The van der Waals surface area contributed by atoms with E-state index in [9.17, 15) is 9.90 Å². The second-order valence-corrected chi connectivity index (χ2v) is 5.23. The van der Waals surface area contributed by atoms with Crippen molar-refractivity contribution in [1.82, 2.24) is 0 Å². The zero-order valence-electron chi connectivity index (χ0n) is 12.1. The molecule has 0 amide bonds. The molecule has 0 aliphatic carbocycles. The van der Waals surface area contributed by atoms with Crippen LogP contribution in [0, 0.1) is 0 Å². The molecule has 0 saturated carbocycles. The lowest BCUT2D eigenvalue weighted by atomic mass is 10.0. The number of esters is 1. The first-order valence-corrected chi connectivity index (χ1v) is 6.60. The fourth-order valence-electron chi connectivity index (χ4n) is 1.41. The average molecular weight is 265 g/mol. The molecule has 19 heavy (non-hydrogen) atoms. The van der Waals surface area contributed by atoms with Gasteiger partial charge in [-0.2, -0.15) is 0 Å². The number of hydrogen-bond acceptors (Lipinski definition) is 4. The van der Waals surface area contributed by atoms with Crippen molar-refractivity contribution in [2.75, 3.05) is 11.9 Å². The number of carbonyl (C=O) groups excluding carboxylic acids is 1. The summed E-state index contributed by atoms with van der Waals surface area (Å²) in [6.45, 7) is 7.80. The summed E-state index contributed by atoms with van der Waals surface area (Å²) >= 11 is 0. The van der Waals surface area contributed by atoms with E-state index in [1.54, 1.807) is 26.0 Å². The predicted molar refractivity (Wildman–Crippen MR) is 76.4 cm³/mol. The lowest BCUT2D eigenvalue weighted by Gasteiger charge is -2.27. The zero-order chi connectivity index (χ0) is 14.5. The molecule has 1 aromatic carbocycles. The van der Waals surface area contributed by atoms with Gasteiger partial charge >= 0.3 is 5.97 Å². The van der Waals surface area contributed by atoms with Crippen LogP contribution in [0.25, 0.3) is 0 Å². The molecule has 1 rings (SSSR count). The number of carbonyl (C=O) groups is 1. The summed E-state index contributed by atoms with van der Waals surface area (Å²) in [5, 5.41) is 13.0. The molecule has 1 aromatic rings. The molecule has 0 bridgehead atoms. The zero-order valence-corrected chi connectivity index (χ0v) is 12.1. The van der Waals surface area contributed by atoms with Crippen molar-refractivity contribution in [3.63, 3.8) is 0 Å². The third kappa shape index (κ3) is 4.91. The molecule has 4 heteroatoms. The van der Waals surface area contributed by atoms with Gasteiger partial charge in [0.25, 0.3) is 0 Å². The summed E-state index contributed by atoms with van der Waals surface area (Å²) in [6, 6.07) is 6.97. The lowest BCUT2D eigenvalue weighted by molar-refractivity contribution is 0.0504. The van der Waals surface area contributed by atoms with E-state index >= 15 is 0 Å². The van der Waals surface area contributed by atoms with Crippen LogP contribution in [0.4, 0.5) is 5.69 Å². The van der Waals surface area contributed by atoms with Gasteiger partial charge in [0.2, 0.25) is 0 Å². The molecule has 0 saturated heterocycles. The molecule has 0 aromatic heterocycles. The van der Waals surface area contributed by atoms with Crippen LogP contribution in [0.5, 0.6) is 0 Å². The van der Waals surface area contributed by atoms with Gasteiger partial charge in [-0.1, -0.05) is 6.92 Å². The molecule has 1 atom stereocenters. The SMILES string of the molecule is CCCOC(=O)c1ccc(NC(C)C(C)(C)O)cc1. The van der Waals surface area contributed by atoms with Gasteiger partial charge in [-0.15, -0.1) is 0 Å². The van der Waals surface area contributed by atoms with Crippen molar-refractivity contribution in [3.05, 3.63) is 29.8 Å². The van der Waals surface area contributed by atoms with Crippen LogP contribution in [0.3, 0.4) is 0 Å². The first kappa shape index (κ1) is 15.5. The first-order chi connectivity index (χ1) is 8.84. The highest BCUT2D eigenvalue weighted by atomic mass is 16.5. The van der Waals surface area contributed by atoms with Crippen LogP contribution in [0.2, 0.25) is 0 Å². The maximum absolute atomic E-state index is 11.6. The van der Waals surface area contributed by atoms with Gasteiger partial charge in [-0.25, -0.2) is 4.79 Å². The van der Waals surface area contributed by atoms with Crippen LogP contribution < -0.4 is 5.32 Å². The molecule has 0 fully saturated rings. The van der Waals surface area contributed by atoms with Crippen molar-refractivity contribution in [2.24, 2.45) is 0 Å². The van der Waals surface area contributed by atoms with Crippen molar-refractivity contribution in [1.29, 1.82) is 0 Å². The van der Waals surface area contributed by atoms with Crippen molar-refractivity contribution >= 4 is 11.7 Å². The Morgan fingerprint density at radius 1 is 1.37 bits per heavy atom. The monoisotopic (exact) mass is 265 g/mol. The van der Waals surface area contributed by atoms with Crippen LogP contribution in [-0.2, 0) is 4.74 Å². The average Bonchev–Trinajstić information content (AvgIpc) is 2.35. The molecule has 106 valence electrons. The Balaban J connectivity index is 2.64. The third-order valence-corrected chi connectivity index (χ3v) is 3.00.